The summed E-state index contributed by atoms with van der Waals surface area (Å²) in [6, 6.07) is 8.93. The average molecular weight is 442 g/mol. The molecule has 9 heteroatoms. The second-order valence-corrected chi connectivity index (χ2v) is 7.75. The summed E-state index contributed by atoms with van der Waals surface area (Å²) in [6.07, 6.45) is 1.56. The number of fused-ring (bicyclic) bond motifs is 1. The molecule has 2 heterocycles. The summed E-state index contributed by atoms with van der Waals surface area (Å²) in [7, 11) is 1.48. The smallest absolute Gasteiger partial charge is 0.261 e. The lowest BCUT2D eigenvalue weighted by molar-refractivity contribution is 0.0475. The summed E-state index contributed by atoms with van der Waals surface area (Å²) in [6.45, 7) is 0.839. The van der Waals surface area contributed by atoms with Crippen molar-refractivity contribution in [2.24, 2.45) is 0 Å². The summed E-state index contributed by atoms with van der Waals surface area (Å²) < 4.78 is 5.53. The van der Waals surface area contributed by atoms with Gasteiger partial charge in [-0.15, -0.1) is 0 Å². The molecule has 0 radical (unpaired) electrons. The lowest BCUT2D eigenvalue weighted by Gasteiger charge is -2.17. The van der Waals surface area contributed by atoms with Crippen LogP contribution in [0.5, 0.6) is 0 Å². The molecule has 1 fully saturated rings. The Hall–Kier alpha value is -3.23. The Bertz CT molecular complexity index is 1090. The van der Waals surface area contributed by atoms with Crippen molar-refractivity contribution in [3.05, 3.63) is 63.7 Å². The van der Waals surface area contributed by atoms with Crippen molar-refractivity contribution < 1.29 is 23.9 Å². The second kappa shape index (κ2) is 8.49. The van der Waals surface area contributed by atoms with Crippen LogP contribution in [0.15, 0.2) is 36.4 Å². The SMILES string of the molecule is CNC(=O)c1cc(NC(=O)c2ccc3c(c2)C(=O)N(CC2CCCO2)C3=O)ccc1Cl. The third kappa shape index (κ3) is 4.04. The van der Waals surface area contributed by atoms with E-state index in [2.05, 4.69) is 10.6 Å². The first-order valence-electron chi connectivity index (χ1n) is 9.84. The number of nitrogens with one attached hydrogen (secondary N) is 2. The number of rotatable bonds is 5. The van der Waals surface area contributed by atoms with Gasteiger partial charge in [0.05, 0.1) is 34.4 Å². The highest BCUT2D eigenvalue weighted by Gasteiger charge is 2.38. The molecule has 31 heavy (non-hydrogen) atoms. The van der Waals surface area contributed by atoms with Gasteiger partial charge >= 0.3 is 0 Å². The van der Waals surface area contributed by atoms with Crippen LogP contribution in [0.3, 0.4) is 0 Å². The van der Waals surface area contributed by atoms with Crippen molar-refractivity contribution in [1.29, 1.82) is 0 Å². The number of hydrogen-bond donors (Lipinski definition) is 2. The highest BCUT2D eigenvalue weighted by molar-refractivity contribution is 6.34. The number of halogens is 1. The van der Waals surface area contributed by atoms with E-state index in [9.17, 15) is 19.2 Å². The van der Waals surface area contributed by atoms with Crippen LogP contribution in [0.2, 0.25) is 5.02 Å². The van der Waals surface area contributed by atoms with Crippen molar-refractivity contribution in [2.75, 3.05) is 25.5 Å². The van der Waals surface area contributed by atoms with Crippen LogP contribution in [0.1, 0.15) is 54.3 Å². The fourth-order valence-corrected chi connectivity index (χ4v) is 3.91. The summed E-state index contributed by atoms with van der Waals surface area (Å²) in [4.78, 5) is 51.2. The fourth-order valence-electron chi connectivity index (χ4n) is 3.70. The van der Waals surface area contributed by atoms with Crippen molar-refractivity contribution in [3.63, 3.8) is 0 Å². The van der Waals surface area contributed by atoms with Crippen LogP contribution in [0.4, 0.5) is 5.69 Å². The summed E-state index contributed by atoms with van der Waals surface area (Å²) in [5.74, 6) is -1.67. The molecule has 2 aromatic rings. The van der Waals surface area contributed by atoms with E-state index in [1.54, 1.807) is 6.07 Å². The lowest BCUT2D eigenvalue weighted by atomic mass is 10.1. The number of ether oxygens (including phenoxy) is 1. The molecule has 2 N–H and O–H groups in total. The Labute approximate surface area is 183 Å². The Balaban J connectivity index is 1.53. The number of amides is 4. The van der Waals surface area contributed by atoms with Crippen LogP contribution in [0, 0.1) is 0 Å². The van der Waals surface area contributed by atoms with Crippen LogP contribution in [0.25, 0.3) is 0 Å². The molecule has 8 nitrogen and oxygen atoms in total. The summed E-state index contributed by atoms with van der Waals surface area (Å²) >= 11 is 6.03. The molecule has 2 aromatic carbocycles. The predicted octanol–water partition coefficient (Wildman–Crippen LogP) is 2.73. The van der Waals surface area contributed by atoms with Crippen molar-refractivity contribution in [2.45, 2.75) is 18.9 Å². The number of carbonyl (C=O) groups excluding carboxylic acids is 4. The molecule has 0 spiro atoms. The van der Waals surface area contributed by atoms with E-state index in [1.165, 1.54) is 42.3 Å². The number of hydrogen-bond acceptors (Lipinski definition) is 5. The largest absolute Gasteiger partial charge is 0.376 e. The van der Waals surface area contributed by atoms with Crippen LogP contribution >= 0.6 is 11.6 Å². The van der Waals surface area contributed by atoms with Crippen LogP contribution in [-0.4, -0.2) is 54.8 Å². The zero-order valence-corrected chi connectivity index (χ0v) is 17.5. The second-order valence-electron chi connectivity index (χ2n) is 7.34. The maximum atomic E-state index is 12.8. The zero-order valence-electron chi connectivity index (χ0n) is 16.7. The Kier molecular flexibility index (Phi) is 5.75. The Morgan fingerprint density at radius 2 is 1.87 bits per heavy atom. The number of carbonyl (C=O) groups is 4. The van der Waals surface area contributed by atoms with Crippen LogP contribution < -0.4 is 10.6 Å². The third-order valence-corrected chi connectivity index (χ3v) is 5.67. The van der Waals surface area contributed by atoms with Crippen molar-refractivity contribution in [3.8, 4) is 0 Å². The van der Waals surface area contributed by atoms with Crippen LogP contribution in [-0.2, 0) is 4.74 Å². The first-order valence-corrected chi connectivity index (χ1v) is 10.2. The number of imide groups is 1. The minimum Gasteiger partial charge on any atom is -0.376 e. The maximum Gasteiger partial charge on any atom is 0.261 e. The van der Waals surface area contributed by atoms with Gasteiger partial charge in [0.2, 0.25) is 0 Å². The predicted molar refractivity (Wildman–Crippen MR) is 114 cm³/mol. The van der Waals surface area contributed by atoms with E-state index in [0.29, 0.717) is 12.3 Å². The molecule has 1 saturated heterocycles. The van der Waals surface area contributed by atoms with Gasteiger partial charge in [-0.25, -0.2) is 0 Å². The minimum absolute atomic E-state index is 0.149. The van der Waals surface area contributed by atoms with Gasteiger partial charge in [-0.3, -0.25) is 24.1 Å². The van der Waals surface area contributed by atoms with E-state index < -0.39 is 11.8 Å². The highest BCUT2D eigenvalue weighted by atomic mass is 35.5. The summed E-state index contributed by atoms with van der Waals surface area (Å²) in [5, 5.41) is 5.42. The van der Waals surface area contributed by atoms with E-state index in [4.69, 9.17) is 16.3 Å². The first-order chi connectivity index (χ1) is 14.9. The monoisotopic (exact) mass is 441 g/mol. The van der Waals surface area contributed by atoms with E-state index in [0.717, 1.165) is 12.8 Å². The van der Waals surface area contributed by atoms with Gasteiger partial charge in [0.1, 0.15) is 0 Å². The molecule has 2 aliphatic heterocycles. The Morgan fingerprint density at radius 3 is 2.58 bits per heavy atom. The zero-order chi connectivity index (χ0) is 22.1. The molecular formula is C22H20ClN3O5. The van der Waals surface area contributed by atoms with Gasteiger partial charge in [0, 0.05) is 24.9 Å². The standard InChI is InChI=1S/C22H20ClN3O5/c1-24-20(28)17-10-13(5-7-18(17)23)25-19(27)12-4-6-15-16(9-12)22(30)26(21(15)29)11-14-3-2-8-31-14/h4-7,9-10,14H,2-3,8,11H2,1H3,(H,24,28)(H,25,27). The molecule has 0 aliphatic carbocycles. The molecule has 4 amide bonds. The number of anilines is 1. The lowest BCUT2D eigenvalue weighted by Crippen LogP contribution is -2.36. The van der Waals surface area contributed by atoms with Gasteiger partial charge in [0.25, 0.3) is 23.6 Å². The fraction of sp³-hybridized carbons (Fsp3) is 0.273. The van der Waals surface area contributed by atoms with Gasteiger partial charge in [0.15, 0.2) is 0 Å². The molecule has 1 unspecified atom stereocenters. The average Bonchev–Trinajstić information content (AvgIpc) is 3.37. The number of nitrogens with zero attached hydrogens (tertiary/aromatic N) is 1. The van der Waals surface area contributed by atoms with Gasteiger partial charge in [-0.2, -0.15) is 0 Å². The molecular weight excluding hydrogens is 422 g/mol. The topological polar surface area (TPSA) is 105 Å². The summed E-state index contributed by atoms with van der Waals surface area (Å²) in [5.41, 5.74) is 1.28. The maximum absolute atomic E-state index is 12.8. The molecule has 2 aliphatic rings. The third-order valence-electron chi connectivity index (χ3n) is 5.34. The van der Waals surface area contributed by atoms with Crippen molar-refractivity contribution >= 4 is 40.9 Å². The van der Waals surface area contributed by atoms with E-state index in [1.807, 2.05) is 0 Å². The molecule has 4 rings (SSSR count). The molecule has 160 valence electrons. The molecule has 0 saturated carbocycles. The quantitative estimate of drug-likeness (QED) is 0.694. The molecule has 0 bridgehead atoms. The van der Waals surface area contributed by atoms with Gasteiger partial charge in [-0.05, 0) is 49.2 Å². The highest BCUT2D eigenvalue weighted by Crippen LogP contribution is 2.27. The van der Waals surface area contributed by atoms with Crippen molar-refractivity contribution in [1.82, 2.24) is 10.2 Å². The first kappa shape index (κ1) is 21.0. The molecule has 0 aromatic heterocycles. The van der Waals surface area contributed by atoms with E-state index in [-0.39, 0.29) is 51.7 Å². The van der Waals surface area contributed by atoms with Gasteiger partial charge in [-0.1, -0.05) is 11.6 Å². The van der Waals surface area contributed by atoms with Gasteiger partial charge < -0.3 is 15.4 Å². The normalized spacial score (nSPS) is 17.6. The van der Waals surface area contributed by atoms with E-state index >= 15 is 0 Å². The number of benzene rings is 2. The Morgan fingerprint density at radius 1 is 1.10 bits per heavy atom. The minimum atomic E-state index is -0.481. The molecule has 1 atom stereocenters.